The summed E-state index contributed by atoms with van der Waals surface area (Å²) in [6.45, 7) is 0.467. The van der Waals surface area contributed by atoms with Crippen molar-refractivity contribution in [3.63, 3.8) is 0 Å². The van der Waals surface area contributed by atoms with Crippen LogP contribution in [0.5, 0.6) is 5.75 Å². The summed E-state index contributed by atoms with van der Waals surface area (Å²) in [7, 11) is 3.30. The zero-order valence-electron chi connectivity index (χ0n) is 12.7. The molecular formula is C17H19FN2O2. The molecule has 116 valence electrons. The third kappa shape index (κ3) is 3.97. The molecular weight excluding hydrogens is 283 g/mol. The van der Waals surface area contributed by atoms with Crippen LogP contribution in [0.3, 0.4) is 0 Å². The number of nitrogens with one attached hydrogen (secondary N) is 1. The van der Waals surface area contributed by atoms with Gasteiger partial charge in [-0.1, -0.05) is 30.3 Å². The topological polar surface area (TPSA) is 41.6 Å². The highest BCUT2D eigenvalue weighted by Gasteiger charge is 2.12. The van der Waals surface area contributed by atoms with Crippen molar-refractivity contribution in [3.8, 4) is 5.75 Å². The second kappa shape index (κ2) is 7.45. The van der Waals surface area contributed by atoms with E-state index in [-0.39, 0.29) is 18.3 Å². The first-order chi connectivity index (χ1) is 10.6. The van der Waals surface area contributed by atoms with E-state index >= 15 is 0 Å². The number of amides is 1. The van der Waals surface area contributed by atoms with Gasteiger partial charge in [0.05, 0.1) is 19.3 Å². The van der Waals surface area contributed by atoms with E-state index in [9.17, 15) is 9.18 Å². The second-order valence-electron chi connectivity index (χ2n) is 4.90. The average molecular weight is 302 g/mol. The molecule has 4 nitrogen and oxygen atoms in total. The van der Waals surface area contributed by atoms with Crippen LogP contribution >= 0.6 is 0 Å². The van der Waals surface area contributed by atoms with Crippen molar-refractivity contribution in [3.05, 3.63) is 59.9 Å². The number of hydrogen-bond acceptors (Lipinski definition) is 3. The van der Waals surface area contributed by atoms with E-state index in [0.29, 0.717) is 12.2 Å². The van der Waals surface area contributed by atoms with Crippen LogP contribution in [0, 0.1) is 5.82 Å². The number of ether oxygens (including phenoxy) is 1. The zero-order valence-corrected chi connectivity index (χ0v) is 12.7. The lowest BCUT2D eigenvalue weighted by molar-refractivity contribution is -0.128. The molecule has 0 atom stereocenters. The molecule has 0 unspecified atom stereocenters. The number of methoxy groups -OCH3 is 1. The predicted molar refractivity (Wildman–Crippen MR) is 84.4 cm³/mol. The van der Waals surface area contributed by atoms with Gasteiger partial charge in [0.2, 0.25) is 5.91 Å². The molecule has 0 fully saturated rings. The van der Waals surface area contributed by atoms with Crippen molar-refractivity contribution < 1.29 is 13.9 Å². The molecule has 22 heavy (non-hydrogen) atoms. The minimum absolute atomic E-state index is 0.0343. The highest BCUT2D eigenvalue weighted by atomic mass is 19.1. The Hall–Kier alpha value is -2.56. The maximum atomic E-state index is 13.5. The molecule has 0 aliphatic heterocycles. The van der Waals surface area contributed by atoms with Gasteiger partial charge in [-0.25, -0.2) is 4.39 Å². The molecule has 2 rings (SSSR count). The van der Waals surface area contributed by atoms with Gasteiger partial charge in [-0.15, -0.1) is 0 Å². The van der Waals surface area contributed by atoms with Gasteiger partial charge < -0.3 is 15.0 Å². The van der Waals surface area contributed by atoms with E-state index < -0.39 is 0 Å². The van der Waals surface area contributed by atoms with E-state index in [1.54, 1.807) is 37.3 Å². The fourth-order valence-electron chi connectivity index (χ4n) is 2.09. The number of likely N-dealkylation sites (N-methyl/N-ethyl adjacent to an activating group) is 1. The Morgan fingerprint density at radius 2 is 1.86 bits per heavy atom. The Balaban J connectivity index is 1.94. The Labute approximate surface area is 129 Å². The van der Waals surface area contributed by atoms with Crippen LogP contribution in [0.15, 0.2) is 48.5 Å². The summed E-state index contributed by atoms with van der Waals surface area (Å²) < 4.78 is 18.8. The molecule has 0 bridgehead atoms. The van der Waals surface area contributed by atoms with Gasteiger partial charge in [0.1, 0.15) is 11.6 Å². The van der Waals surface area contributed by atoms with Gasteiger partial charge in [0.15, 0.2) is 0 Å². The summed E-state index contributed by atoms with van der Waals surface area (Å²) in [4.78, 5) is 13.7. The van der Waals surface area contributed by atoms with E-state index in [4.69, 9.17) is 4.74 Å². The Kier molecular flexibility index (Phi) is 5.36. The Bertz CT molecular complexity index is 646. The van der Waals surface area contributed by atoms with Crippen molar-refractivity contribution in [2.24, 2.45) is 0 Å². The first kappa shape index (κ1) is 15.8. The van der Waals surface area contributed by atoms with E-state index in [1.807, 2.05) is 24.3 Å². The quantitative estimate of drug-likeness (QED) is 0.892. The normalized spacial score (nSPS) is 10.1. The molecule has 1 N–H and O–H groups in total. The third-order valence-corrected chi connectivity index (χ3v) is 3.33. The fourth-order valence-corrected chi connectivity index (χ4v) is 2.09. The molecule has 2 aromatic rings. The standard InChI is InChI=1S/C17H19FN2O2/c1-20(12-13-7-3-6-10-16(13)22-2)17(21)11-19-15-9-5-4-8-14(15)18/h3-10,19H,11-12H2,1-2H3. The molecule has 5 heteroatoms. The summed E-state index contributed by atoms with van der Waals surface area (Å²) >= 11 is 0. The van der Waals surface area contributed by atoms with Gasteiger partial charge in [-0.05, 0) is 18.2 Å². The third-order valence-electron chi connectivity index (χ3n) is 3.33. The Morgan fingerprint density at radius 3 is 2.59 bits per heavy atom. The molecule has 0 aromatic heterocycles. The number of anilines is 1. The molecule has 2 aromatic carbocycles. The van der Waals surface area contributed by atoms with Gasteiger partial charge in [-0.2, -0.15) is 0 Å². The largest absolute Gasteiger partial charge is 0.496 e. The molecule has 0 saturated heterocycles. The van der Waals surface area contributed by atoms with Crippen LogP contribution in [0.2, 0.25) is 0 Å². The molecule has 0 saturated carbocycles. The fraction of sp³-hybridized carbons (Fsp3) is 0.235. The zero-order chi connectivity index (χ0) is 15.9. The van der Waals surface area contributed by atoms with Crippen LogP contribution in [0.4, 0.5) is 10.1 Å². The van der Waals surface area contributed by atoms with E-state index in [2.05, 4.69) is 5.32 Å². The maximum absolute atomic E-state index is 13.5. The first-order valence-electron chi connectivity index (χ1n) is 6.96. The highest BCUT2D eigenvalue weighted by Crippen LogP contribution is 2.19. The molecule has 0 spiro atoms. The van der Waals surface area contributed by atoms with Crippen LogP contribution in [0.25, 0.3) is 0 Å². The first-order valence-corrected chi connectivity index (χ1v) is 6.96. The number of carbonyl (C=O) groups excluding carboxylic acids is 1. The monoisotopic (exact) mass is 302 g/mol. The maximum Gasteiger partial charge on any atom is 0.241 e. The smallest absolute Gasteiger partial charge is 0.241 e. The minimum Gasteiger partial charge on any atom is -0.496 e. The molecule has 0 radical (unpaired) electrons. The van der Waals surface area contributed by atoms with Crippen LogP contribution in [0.1, 0.15) is 5.56 Å². The summed E-state index contributed by atoms with van der Waals surface area (Å²) in [6, 6.07) is 13.8. The number of para-hydroxylation sites is 2. The van der Waals surface area contributed by atoms with Crippen molar-refractivity contribution in [1.82, 2.24) is 4.90 Å². The Morgan fingerprint density at radius 1 is 1.18 bits per heavy atom. The number of benzene rings is 2. The van der Waals surface area contributed by atoms with Crippen LogP contribution < -0.4 is 10.1 Å². The van der Waals surface area contributed by atoms with Crippen molar-refractivity contribution in [2.75, 3.05) is 26.0 Å². The molecule has 0 aliphatic carbocycles. The molecule has 0 aliphatic rings. The van der Waals surface area contributed by atoms with Crippen molar-refractivity contribution in [2.45, 2.75) is 6.54 Å². The molecule has 0 heterocycles. The van der Waals surface area contributed by atoms with Crippen LogP contribution in [-0.2, 0) is 11.3 Å². The van der Waals surface area contributed by atoms with Gasteiger partial charge >= 0.3 is 0 Å². The van der Waals surface area contributed by atoms with Crippen LogP contribution in [-0.4, -0.2) is 31.5 Å². The van der Waals surface area contributed by atoms with Crippen molar-refractivity contribution in [1.29, 1.82) is 0 Å². The molecule has 1 amide bonds. The number of hydrogen-bond donors (Lipinski definition) is 1. The minimum atomic E-state index is -0.373. The van der Waals surface area contributed by atoms with Crippen molar-refractivity contribution >= 4 is 11.6 Å². The summed E-state index contributed by atoms with van der Waals surface area (Å²) in [5, 5.41) is 2.81. The lowest BCUT2D eigenvalue weighted by atomic mass is 10.2. The lowest BCUT2D eigenvalue weighted by Crippen LogP contribution is -2.32. The number of carbonyl (C=O) groups is 1. The second-order valence-corrected chi connectivity index (χ2v) is 4.90. The van der Waals surface area contributed by atoms with Gasteiger partial charge in [0, 0.05) is 19.2 Å². The van der Waals surface area contributed by atoms with Gasteiger partial charge in [-0.3, -0.25) is 4.79 Å². The van der Waals surface area contributed by atoms with E-state index in [0.717, 1.165) is 11.3 Å². The summed E-state index contributed by atoms with van der Waals surface area (Å²) in [5.41, 5.74) is 1.24. The SMILES string of the molecule is COc1ccccc1CN(C)C(=O)CNc1ccccc1F. The lowest BCUT2D eigenvalue weighted by Gasteiger charge is -2.19. The summed E-state index contributed by atoms with van der Waals surface area (Å²) in [5.74, 6) is 0.237. The highest BCUT2D eigenvalue weighted by molar-refractivity contribution is 5.80. The number of nitrogens with zero attached hydrogens (tertiary/aromatic N) is 1. The summed E-state index contributed by atoms with van der Waals surface area (Å²) in [6.07, 6.45) is 0. The predicted octanol–water partition coefficient (Wildman–Crippen LogP) is 2.90. The average Bonchev–Trinajstić information content (AvgIpc) is 2.54. The van der Waals surface area contributed by atoms with Gasteiger partial charge in [0.25, 0.3) is 0 Å². The number of halogens is 1. The van der Waals surface area contributed by atoms with E-state index in [1.165, 1.54) is 6.07 Å². The number of rotatable bonds is 6.